The summed E-state index contributed by atoms with van der Waals surface area (Å²) >= 11 is 0. The molecule has 23 rings (SSSR count). The molecule has 0 fully saturated rings. The molecule has 138 heavy (non-hydrogen) atoms. The van der Waals surface area contributed by atoms with Crippen LogP contribution in [0.5, 0.6) is 0 Å². The average Bonchev–Trinajstić information content (AvgIpc) is 0.790. The van der Waals surface area contributed by atoms with Gasteiger partial charge in [0.1, 0.15) is 0 Å². The highest BCUT2D eigenvalue weighted by Crippen LogP contribution is 2.40. The van der Waals surface area contributed by atoms with Crippen molar-refractivity contribution in [3.05, 3.63) is 463 Å². The third kappa shape index (κ3) is 19.0. The first-order chi connectivity index (χ1) is 68.3. The molecule has 0 saturated heterocycles. The molecular formula is C118H76N20. The van der Waals surface area contributed by atoms with Crippen molar-refractivity contribution in [3.63, 3.8) is 0 Å². The molecule has 0 unspecified atom stereocenters. The number of nitrogens with zero attached hydrogens (tertiary/aromatic N) is 20. The van der Waals surface area contributed by atoms with Crippen molar-refractivity contribution in [2.24, 2.45) is 0 Å². The smallest absolute Gasteiger partial charge is 0.0894 e. The first-order valence-corrected chi connectivity index (χ1v) is 44.7. The summed E-state index contributed by atoms with van der Waals surface area (Å²) in [5.41, 5.74) is 37.0. The summed E-state index contributed by atoms with van der Waals surface area (Å²) < 4.78 is 0. The Morgan fingerprint density at radius 3 is 0.522 bits per heavy atom. The van der Waals surface area contributed by atoms with Crippen molar-refractivity contribution in [1.29, 1.82) is 0 Å². The lowest BCUT2D eigenvalue weighted by Gasteiger charge is -2.13. The van der Waals surface area contributed by atoms with Gasteiger partial charge in [0, 0.05) is 172 Å². The van der Waals surface area contributed by atoms with Crippen LogP contribution in [-0.4, -0.2) is 99.7 Å². The Balaban J connectivity index is 0.000000160. The normalized spacial score (nSPS) is 11.0. The van der Waals surface area contributed by atoms with Crippen LogP contribution in [0.3, 0.4) is 0 Å². The fourth-order valence-electron chi connectivity index (χ4n) is 16.3. The molecule has 20 heteroatoms. The molecule has 0 aliphatic rings. The van der Waals surface area contributed by atoms with E-state index in [2.05, 4.69) is 127 Å². The Bertz CT molecular complexity index is 7810. The number of rotatable bonds is 21. The molecule has 0 aliphatic heterocycles. The minimum absolute atomic E-state index is 0.754. The molecule has 648 valence electrons. The molecule has 0 aliphatic carbocycles. The second-order valence-electron chi connectivity index (χ2n) is 32.4. The molecule has 0 radical (unpaired) electrons. The third-order valence-corrected chi connectivity index (χ3v) is 23.5. The summed E-state index contributed by atoms with van der Waals surface area (Å²) in [7, 11) is 0. The second-order valence-corrected chi connectivity index (χ2v) is 32.4. The van der Waals surface area contributed by atoms with Crippen LogP contribution in [0.15, 0.2) is 463 Å². The van der Waals surface area contributed by atoms with Gasteiger partial charge in [-0.2, -0.15) is 0 Å². The summed E-state index contributed by atoms with van der Waals surface area (Å²) in [6.07, 6.45) is 31.2. The topological polar surface area (TPSA) is 258 Å². The van der Waals surface area contributed by atoms with Crippen LogP contribution >= 0.6 is 0 Å². The number of benzene rings is 3. The SMILES string of the molecule is c1ccc(-c2ccc(-c3cccc(-c4ccc(-c5cc(-c6ccc(-c7ccccn7)nc6)cc(-c6ccc(-c7cccc(-c8ccc(-c9ccccn9)cn8)n7)nc6)c5)cn4)n3)nc2)nc1.c1ccc(-c2cccc(-c3ccc(-c4cc(-c5ccc(-c6cccc(-c7ccc(-c8cccnc8)cn7)n6)cc5)cc(-c5ccc(-c6cccc(-c7ccc(-c8cccnc8)cn7)n6)nc5)c4)cn3)n2)nc1. The Morgan fingerprint density at radius 2 is 0.283 bits per heavy atom. The van der Waals surface area contributed by atoms with Gasteiger partial charge in [-0.3, -0.25) is 74.8 Å². The number of hydrogen-bond acceptors (Lipinski definition) is 20. The van der Waals surface area contributed by atoms with E-state index in [0.29, 0.717) is 0 Å². The first kappa shape index (κ1) is 84.2. The maximum Gasteiger partial charge on any atom is 0.0894 e. The highest BCUT2D eigenvalue weighted by molar-refractivity contribution is 5.86. The van der Waals surface area contributed by atoms with Crippen molar-refractivity contribution in [3.8, 4) is 237 Å². The number of aromatic nitrogens is 20. The Kier molecular flexibility index (Phi) is 23.8. The summed E-state index contributed by atoms with van der Waals surface area (Å²) in [6, 6.07) is 119. The van der Waals surface area contributed by atoms with Gasteiger partial charge in [-0.1, -0.05) is 133 Å². The maximum absolute atomic E-state index is 5.03. The fraction of sp³-hybridized carbons (Fsp3) is 0. The zero-order valence-electron chi connectivity index (χ0n) is 73.8. The predicted molar refractivity (Wildman–Crippen MR) is 543 cm³/mol. The minimum atomic E-state index is 0.754. The average molecular weight is 1770 g/mol. The Hall–Kier alpha value is -19.3. The first-order valence-electron chi connectivity index (χ1n) is 44.7. The van der Waals surface area contributed by atoms with Gasteiger partial charge >= 0.3 is 0 Å². The molecule has 0 saturated carbocycles. The molecule has 0 amide bonds. The molecule has 0 bridgehead atoms. The van der Waals surface area contributed by atoms with Crippen LogP contribution in [0.25, 0.3) is 237 Å². The van der Waals surface area contributed by atoms with Crippen molar-refractivity contribution in [2.45, 2.75) is 0 Å². The highest BCUT2D eigenvalue weighted by Gasteiger charge is 2.19. The zero-order chi connectivity index (χ0) is 92.1. The fourth-order valence-corrected chi connectivity index (χ4v) is 16.3. The molecule has 0 atom stereocenters. The molecule has 20 nitrogen and oxygen atoms in total. The number of pyridine rings is 20. The third-order valence-electron chi connectivity index (χ3n) is 23.5. The standard InChI is InChI=1S/C62H40N10.C56H36N10/c1-2-31-65-53(10-1)58-13-4-14-60(71-58)56-27-23-47(39-68-56)50-32-49(41-17-19-42(20-18-41)52-11-3-12-59(70-52)54-25-21-45(37-66-54)43-8-6-29-63-35-43)33-51(34-50)48-24-28-57(69-40-48)62-16-5-15-61(72-62)55-26-22-46(38-67-55)44-9-7-30-64-36-44;1-4-26-57-45(9-1)40-19-24-51(63-35-40)55-14-7-12-53(65-55)49-22-17-38(33-61-49)43-29-42(37-16-21-48(60-32-37)47-11-3-6-28-59-47)30-44(31-43)39-18-23-50(62-34-39)54-13-8-15-56(66-54)52-25-20-41(36-64-52)46-10-2-5-27-58-46/h1-40H;1-36H. The van der Waals surface area contributed by atoms with Crippen LogP contribution in [0, 0.1) is 0 Å². The lowest BCUT2D eigenvalue weighted by molar-refractivity contribution is 1.21. The second kappa shape index (κ2) is 39.0. The molecular weight excluding hydrogens is 1700 g/mol. The van der Waals surface area contributed by atoms with Gasteiger partial charge in [-0.15, -0.1) is 0 Å². The van der Waals surface area contributed by atoms with E-state index in [1.165, 1.54) is 0 Å². The van der Waals surface area contributed by atoms with Gasteiger partial charge < -0.3 is 0 Å². The summed E-state index contributed by atoms with van der Waals surface area (Å²) in [5.74, 6) is 0. The van der Waals surface area contributed by atoms with Crippen LogP contribution in [0.1, 0.15) is 0 Å². The van der Waals surface area contributed by atoms with E-state index >= 15 is 0 Å². The van der Waals surface area contributed by atoms with Crippen LogP contribution in [0.2, 0.25) is 0 Å². The zero-order valence-corrected chi connectivity index (χ0v) is 73.8. The van der Waals surface area contributed by atoms with E-state index in [0.717, 1.165) is 237 Å². The maximum atomic E-state index is 5.03. The highest BCUT2D eigenvalue weighted by atomic mass is 14.9. The van der Waals surface area contributed by atoms with Crippen molar-refractivity contribution in [2.75, 3.05) is 0 Å². The Morgan fingerprint density at radius 1 is 0.0942 bits per heavy atom. The van der Waals surface area contributed by atoms with E-state index in [1.54, 1.807) is 37.2 Å². The quantitative estimate of drug-likeness (QED) is 0.0647. The lowest BCUT2D eigenvalue weighted by Crippen LogP contribution is -1.94. The van der Waals surface area contributed by atoms with Crippen LogP contribution < -0.4 is 0 Å². The van der Waals surface area contributed by atoms with Gasteiger partial charge in [-0.25, -0.2) is 24.9 Å². The van der Waals surface area contributed by atoms with E-state index < -0.39 is 0 Å². The number of hydrogen-bond donors (Lipinski definition) is 0. The summed E-state index contributed by atoms with van der Waals surface area (Å²) in [4.78, 5) is 94.6. The van der Waals surface area contributed by atoms with E-state index in [1.807, 2.05) is 329 Å². The Labute approximate surface area is 794 Å². The van der Waals surface area contributed by atoms with E-state index in [9.17, 15) is 0 Å². The molecule has 20 aromatic heterocycles. The van der Waals surface area contributed by atoms with Crippen molar-refractivity contribution in [1.82, 2.24) is 99.7 Å². The molecule has 20 heterocycles. The van der Waals surface area contributed by atoms with E-state index in [4.69, 9.17) is 69.8 Å². The predicted octanol–water partition coefficient (Wildman–Crippen LogP) is 26.3. The molecule has 3 aromatic carbocycles. The van der Waals surface area contributed by atoms with Gasteiger partial charge in [0.15, 0.2) is 0 Å². The monoisotopic (exact) mass is 1770 g/mol. The summed E-state index contributed by atoms with van der Waals surface area (Å²) in [5, 5.41) is 0. The van der Waals surface area contributed by atoms with Gasteiger partial charge in [0.25, 0.3) is 0 Å². The van der Waals surface area contributed by atoms with Crippen molar-refractivity contribution >= 4 is 0 Å². The molecule has 0 spiro atoms. The van der Waals surface area contributed by atoms with Crippen molar-refractivity contribution < 1.29 is 0 Å². The largest absolute Gasteiger partial charge is 0.264 e. The van der Waals surface area contributed by atoms with Gasteiger partial charge in [0.2, 0.25) is 0 Å². The van der Waals surface area contributed by atoms with Crippen LogP contribution in [0.4, 0.5) is 0 Å². The van der Waals surface area contributed by atoms with Crippen LogP contribution in [-0.2, 0) is 0 Å². The van der Waals surface area contributed by atoms with Gasteiger partial charge in [-0.05, 0) is 263 Å². The summed E-state index contributed by atoms with van der Waals surface area (Å²) in [6.45, 7) is 0. The molecule has 23 aromatic rings. The van der Waals surface area contributed by atoms with E-state index in [-0.39, 0.29) is 0 Å². The molecule has 0 N–H and O–H groups in total. The minimum Gasteiger partial charge on any atom is -0.264 e. The van der Waals surface area contributed by atoms with Gasteiger partial charge in [0.05, 0.1) is 131 Å². The lowest BCUT2D eigenvalue weighted by atomic mass is 9.93.